The number of hydrogen-bond donors (Lipinski definition) is 0. The third-order valence-electron chi connectivity index (χ3n) is 9.76. The first-order chi connectivity index (χ1) is 27.7. The summed E-state index contributed by atoms with van der Waals surface area (Å²) in [4.78, 5) is 14.4. The van der Waals surface area contributed by atoms with E-state index in [2.05, 4.69) is 31.2 Å². The summed E-state index contributed by atoms with van der Waals surface area (Å²) < 4.78 is 45.7. The Bertz CT molecular complexity index is 2400. The summed E-state index contributed by atoms with van der Waals surface area (Å²) in [6.45, 7) is 3.97. The fourth-order valence-corrected chi connectivity index (χ4v) is 7.07. The van der Waals surface area contributed by atoms with Gasteiger partial charge in [0.2, 0.25) is 0 Å². The first-order valence-corrected chi connectivity index (χ1v) is 18.9. The number of benzene rings is 6. The van der Waals surface area contributed by atoms with Crippen molar-refractivity contribution in [3.8, 4) is 22.5 Å². The molecule has 8 rings (SSSR count). The van der Waals surface area contributed by atoms with Crippen LogP contribution in [0.15, 0.2) is 170 Å². The predicted octanol–water partition coefficient (Wildman–Crippen LogP) is 12.6. The molecule has 0 saturated carbocycles. The van der Waals surface area contributed by atoms with E-state index >= 15 is 8.78 Å². The van der Waals surface area contributed by atoms with Crippen LogP contribution in [0.2, 0.25) is 0 Å². The second-order valence-corrected chi connectivity index (χ2v) is 14.7. The van der Waals surface area contributed by atoms with Crippen molar-refractivity contribution in [3.63, 3.8) is 0 Å². The number of pyridine rings is 2. The van der Waals surface area contributed by atoms with Crippen LogP contribution in [-0.2, 0) is 26.5 Å². The van der Waals surface area contributed by atoms with Crippen molar-refractivity contribution < 1.29 is 34.2 Å². The van der Waals surface area contributed by atoms with Gasteiger partial charge in [-0.1, -0.05) is 102 Å². The van der Waals surface area contributed by atoms with Gasteiger partial charge in [-0.3, -0.25) is 13.2 Å². The van der Waals surface area contributed by atoms with Crippen LogP contribution < -0.4 is 15.1 Å². The van der Waals surface area contributed by atoms with E-state index in [4.69, 9.17) is 9.97 Å². The topological polar surface area (TPSA) is 32.3 Å². The van der Waals surface area contributed by atoms with E-state index in [9.17, 15) is 4.39 Å². The molecule has 0 N–H and O–H groups in total. The van der Waals surface area contributed by atoms with Gasteiger partial charge in [0.25, 0.3) is 0 Å². The number of halogens is 3. The summed E-state index contributed by atoms with van der Waals surface area (Å²) in [6, 6.07) is 58.1. The number of para-hydroxylation sites is 4. The van der Waals surface area contributed by atoms with Crippen molar-refractivity contribution in [1.82, 2.24) is 9.97 Å². The molecule has 0 amide bonds. The maximum absolute atomic E-state index is 15.9. The van der Waals surface area contributed by atoms with E-state index in [-0.39, 0.29) is 37.9 Å². The molecule has 8 aromatic rings. The molecule has 0 fully saturated rings. The summed E-state index contributed by atoms with van der Waals surface area (Å²) >= 11 is 0. The maximum atomic E-state index is 15.9. The number of aromatic nitrogens is 2. The van der Waals surface area contributed by atoms with Gasteiger partial charge in [0.1, 0.15) is 0 Å². The minimum Gasteiger partial charge on any atom is -0.311 e. The number of hydrogen-bond acceptors (Lipinski definition) is 4. The van der Waals surface area contributed by atoms with Gasteiger partial charge in [-0.05, 0) is 85.9 Å². The molecule has 0 spiro atoms. The number of nitrogens with zero attached hydrogens (tertiary/aromatic N) is 4. The normalized spacial score (nSPS) is 11.1. The molecule has 58 heavy (non-hydrogen) atoms. The van der Waals surface area contributed by atoms with Crippen LogP contribution in [0.4, 0.5) is 47.3 Å². The summed E-state index contributed by atoms with van der Waals surface area (Å²) in [5.74, 6) is -1.99. The van der Waals surface area contributed by atoms with Gasteiger partial charge in [-0.2, -0.15) is 9.24 Å². The summed E-state index contributed by atoms with van der Waals surface area (Å²) in [5, 5.41) is 0.655. The molecular formula is C49H36F3N4PPt. The third-order valence-corrected chi connectivity index (χ3v) is 10.1. The molecular weight excluding hydrogens is 928 g/mol. The van der Waals surface area contributed by atoms with Gasteiger partial charge in [-0.15, -0.1) is 35.6 Å². The molecule has 0 radical (unpaired) electrons. The summed E-state index contributed by atoms with van der Waals surface area (Å²) in [5.41, 5.74) is 5.90. The molecule has 0 aliphatic heterocycles. The Morgan fingerprint density at radius 1 is 0.483 bits per heavy atom. The van der Waals surface area contributed by atoms with Gasteiger partial charge in [0.05, 0.1) is 0 Å². The molecule has 0 aliphatic carbocycles. The Kier molecular flexibility index (Phi) is 12.0. The molecule has 2 aromatic heterocycles. The van der Waals surface area contributed by atoms with E-state index in [0.717, 1.165) is 40.6 Å². The third kappa shape index (κ3) is 8.38. The predicted molar refractivity (Wildman–Crippen MR) is 228 cm³/mol. The Labute approximate surface area is 353 Å². The SMILES string of the molecule is CC(C)(c1cc(N(c2ccccc2)c2ccccc2)cc(-c2[c-]cc(F)cc2F)n1)c1cc(N(c2ccccc2)c2ccccc2)cc(-c2[c-]cc(P)cc2F)n1.[Pt+2]. The Hall–Kier alpha value is -5.87. The Morgan fingerprint density at radius 2 is 0.845 bits per heavy atom. The zero-order valence-corrected chi connectivity index (χ0v) is 34.9. The van der Waals surface area contributed by atoms with Crippen LogP contribution in [0.5, 0.6) is 0 Å². The van der Waals surface area contributed by atoms with Crippen molar-refractivity contribution in [2.75, 3.05) is 9.80 Å². The summed E-state index contributed by atoms with van der Waals surface area (Å²) in [6.07, 6.45) is 0. The van der Waals surface area contributed by atoms with Crippen LogP contribution in [0.3, 0.4) is 0 Å². The van der Waals surface area contributed by atoms with Gasteiger partial charge in [0, 0.05) is 68.4 Å². The second-order valence-electron chi connectivity index (χ2n) is 14.0. The molecule has 0 saturated heterocycles. The van der Waals surface area contributed by atoms with Crippen molar-refractivity contribution in [2.24, 2.45) is 0 Å². The van der Waals surface area contributed by atoms with Crippen LogP contribution in [-0.4, -0.2) is 9.97 Å². The van der Waals surface area contributed by atoms with Crippen LogP contribution in [0.25, 0.3) is 22.5 Å². The minimum atomic E-state index is -0.985. The molecule has 6 aromatic carbocycles. The minimum absolute atomic E-state index is 0. The Morgan fingerprint density at radius 3 is 1.21 bits per heavy atom. The van der Waals surface area contributed by atoms with E-state index in [1.807, 2.05) is 153 Å². The zero-order chi connectivity index (χ0) is 39.5. The van der Waals surface area contributed by atoms with Crippen LogP contribution in [0, 0.1) is 29.6 Å². The molecule has 9 heteroatoms. The van der Waals surface area contributed by atoms with Crippen molar-refractivity contribution in [2.45, 2.75) is 19.3 Å². The van der Waals surface area contributed by atoms with E-state index in [1.54, 1.807) is 12.1 Å². The molecule has 4 nitrogen and oxygen atoms in total. The van der Waals surface area contributed by atoms with E-state index in [0.29, 0.717) is 28.1 Å². The molecule has 1 atom stereocenters. The van der Waals surface area contributed by atoms with E-state index < -0.39 is 22.9 Å². The first-order valence-electron chi connectivity index (χ1n) is 18.4. The average Bonchev–Trinajstić information content (AvgIpc) is 3.22. The smallest absolute Gasteiger partial charge is 0.311 e. The molecule has 0 bridgehead atoms. The zero-order valence-electron chi connectivity index (χ0n) is 31.5. The number of anilines is 6. The van der Waals surface area contributed by atoms with Gasteiger partial charge < -0.3 is 19.8 Å². The average molecular weight is 964 g/mol. The maximum Gasteiger partial charge on any atom is 2.00 e. The van der Waals surface area contributed by atoms with Crippen LogP contribution >= 0.6 is 9.24 Å². The monoisotopic (exact) mass is 963 g/mol. The van der Waals surface area contributed by atoms with Crippen molar-refractivity contribution in [3.05, 3.63) is 211 Å². The second kappa shape index (κ2) is 17.3. The largest absolute Gasteiger partial charge is 2.00 e. The fourth-order valence-electron chi connectivity index (χ4n) is 6.84. The standard InChI is InChI=1S/C49H36F3N4P.Pt/c1-49(2,47-30-38(28-45(53-47)41-25-23-33(50)27-43(41)51)55(34-15-7-3-8-16-34)35-17-9-4-10-18-35)48-31-39(29-46(54-48)42-26-24-40(57)32-44(42)52)56(36-19-11-5-12-20-36)37-21-13-6-14-22-37;/h3-24,27-32H,57H2,1-2H3;/q-2;+2. The van der Waals surface area contributed by atoms with Gasteiger partial charge >= 0.3 is 21.1 Å². The van der Waals surface area contributed by atoms with Gasteiger partial charge in [0.15, 0.2) is 0 Å². The van der Waals surface area contributed by atoms with E-state index in [1.165, 1.54) is 6.07 Å². The Balaban J connectivity index is 0.00000512. The number of rotatable bonds is 10. The van der Waals surface area contributed by atoms with Crippen molar-refractivity contribution in [1.29, 1.82) is 0 Å². The fraction of sp³-hybridized carbons (Fsp3) is 0.0612. The molecule has 2 heterocycles. The van der Waals surface area contributed by atoms with Crippen molar-refractivity contribution >= 4 is 48.7 Å². The molecule has 0 aliphatic rings. The van der Waals surface area contributed by atoms with Gasteiger partial charge in [-0.25, -0.2) is 0 Å². The van der Waals surface area contributed by atoms with Crippen LogP contribution in [0.1, 0.15) is 25.2 Å². The molecule has 288 valence electrons. The molecule has 1 unspecified atom stereocenters. The quantitative estimate of drug-likeness (QED) is 0.101. The first kappa shape index (κ1) is 40.3. The summed E-state index contributed by atoms with van der Waals surface area (Å²) in [7, 11) is 2.51.